The number of aliphatic hydroxyl groups excluding tert-OH is 1. The number of urea groups is 1. The Hall–Kier alpha value is -1.55. The molecule has 0 bridgehead atoms. The third kappa shape index (κ3) is 3.73. The SMILES string of the molecule is CCC(C)(CCO)NC(=O)NC1CC1c1ccccc1. The number of hydrogen-bond donors (Lipinski definition) is 3. The van der Waals surface area contributed by atoms with Gasteiger partial charge in [0.1, 0.15) is 0 Å². The Morgan fingerprint density at radius 1 is 1.40 bits per heavy atom. The van der Waals surface area contributed by atoms with Crippen LogP contribution in [0.4, 0.5) is 4.79 Å². The van der Waals surface area contributed by atoms with Crippen LogP contribution in [0.25, 0.3) is 0 Å². The molecule has 1 aliphatic rings. The Balaban J connectivity index is 1.82. The van der Waals surface area contributed by atoms with Crippen molar-refractivity contribution in [3.05, 3.63) is 35.9 Å². The van der Waals surface area contributed by atoms with Crippen LogP contribution in [0.2, 0.25) is 0 Å². The zero-order valence-electron chi connectivity index (χ0n) is 12.2. The molecule has 0 saturated heterocycles. The predicted octanol–water partition coefficient (Wildman–Crippen LogP) is 2.39. The third-order valence-corrected chi connectivity index (χ3v) is 4.19. The first-order chi connectivity index (χ1) is 9.58. The van der Waals surface area contributed by atoms with Crippen LogP contribution in [-0.2, 0) is 0 Å². The van der Waals surface area contributed by atoms with Crippen molar-refractivity contribution < 1.29 is 9.90 Å². The lowest BCUT2D eigenvalue weighted by Gasteiger charge is -2.29. The molecule has 1 saturated carbocycles. The number of carbonyl (C=O) groups excluding carboxylic acids is 1. The van der Waals surface area contributed by atoms with Gasteiger partial charge in [0.05, 0.1) is 0 Å². The normalized spacial score (nSPS) is 23.8. The lowest BCUT2D eigenvalue weighted by Crippen LogP contribution is -2.51. The van der Waals surface area contributed by atoms with E-state index in [1.807, 2.05) is 32.0 Å². The van der Waals surface area contributed by atoms with E-state index in [2.05, 4.69) is 22.8 Å². The maximum absolute atomic E-state index is 12.0. The van der Waals surface area contributed by atoms with E-state index in [0.29, 0.717) is 12.3 Å². The van der Waals surface area contributed by atoms with E-state index < -0.39 is 0 Å². The Bertz CT molecular complexity index is 449. The van der Waals surface area contributed by atoms with Crippen molar-refractivity contribution in [3.63, 3.8) is 0 Å². The summed E-state index contributed by atoms with van der Waals surface area (Å²) in [7, 11) is 0. The highest BCUT2D eigenvalue weighted by molar-refractivity contribution is 5.75. The van der Waals surface area contributed by atoms with Crippen molar-refractivity contribution in [2.75, 3.05) is 6.61 Å². The van der Waals surface area contributed by atoms with Gasteiger partial charge in [-0.05, 0) is 31.7 Å². The minimum absolute atomic E-state index is 0.0840. The molecule has 3 atom stereocenters. The van der Waals surface area contributed by atoms with E-state index in [9.17, 15) is 4.79 Å². The quantitative estimate of drug-likeness (QED) is 0.747. The van der Waals surface area contributed by atoms with E-state index in [0.717, 1.165) is 12.8 Å². The summed E-state index contributed by atoms with van der Waals surface area (Å²) in [4.78, 5) is 12.0. The molecule has 0 aromatic heterocycles. The van der Waals surface area contributed by atoms with E-state index in [-0.39, 0.29) is 24.2 Å². The molecule has 4 nitrogen and oxygen atoms in total. The van der Waals surface area contributed by atoms with Crippen LogP contribution in [0.1, 0.15) is 44.6 Å². The van der Waals surface area contributed by atoms with Gasteiger partial charge in [0.2, 0.25) is 0 Å². The zero-order valence-corrected chi connectivity index (χ0v) is 12.2. The van der Waals surface area contributed by atoms with Gasteiger partial charge in [0, 0.05) is 24.1 Å². The summed E-state index contributed by atoms with van der Waals surface area (Å²) in [5, 5.41) is 15.1. The van der Waals surface area contributed by atoms with E-state index in [1.165, 1.54) is 5.56 Å². The van der Waals surface area contributed by atoms with E-state index in [4.69, 9.17) is 5.11 Å². The molecule has 0 heterocycles. The van der Waals surface area contributed by atoms with Crippen molar-refractivity contribution in [2.45, 2.75) is 50.6 Å². The Labute approximate surface area is 120 Å². The molecule has 20 heavy (non-hydrogen) atoms. The average Bonchev–Trinajstić information content (AvgIpc) is 3.19. The van der Waals surface area contributed by atoms with Crippen LogP contribution in [0.15, 0.2) is 30.3 Å². The molecular weight excluding hydrogens is 252 g/mol. The van der Waals surface area contributed by atoms with Gasteiger partial charge in [-0.25, -0.2) is 4.79 Å². The van der Waals surface area contributed by atoms with Crippen LogP contribution in [0, 0.1) is 0 Å². The molecule has 1 aliphatic carbocycles. The van der Waals surface area contributed by atoms with Gasteiger partial charge < -0.3 is 15.7 Å². The van der Waals surface area contributed by atoms with Gasteiger partial charge in [0.15, 0.2) is 0 Å². The molecule has 1 aromatic rings. The second-order valence-corrected chi connectivity index (χ2v) is 5.85. The minimum Gasteiger partial charge on any atom is -0.396 e. The van der Waals surface area contributed by atoms with Crippen LogP contribution in [0.3, 0.4) is 0 Å². The minimum atomic E-state index is -0.337. The molecule has 0 aliphatic heterocycles. The number of benzene rings is 1. The maximum Gasteiger partial charge on any atom is 0.315 e. The summed E-state index contributed by atoms with van der Waals surface area (Å²) >= 11 is 0. The number of amides is 2. The lowest BCUT2D eigenvalue weighted by atomic mass is 9.95. The number of nitrogens with one attached hydrogen (secondary N) is 2. The molecule has 0 radical (unpaired) electrons. The molecule has 2 rings (SSSR count). The second kappa shape index (κ2) is 6.27. The maximum atomic E-state index is 12.0. The van der Waals surface area contributed by atoms with E-state index in [1.54, 1.807) is 0 Å². The predicted molar refractivity (Wildman–Crippen MR) is 79.7 cm³/mol. The standard InChI is InChI=1S/C16H24N2O2/c1-3-16(2,9-10-19)18-15(20)17-14-11-13(14)12-7-5-4-6-8-12/h4-8,13-14,19H,3,9-11H2,1-2H3,(H2,17,18,20). The van der Waals surface area contributed by atoms with Crippen molar-refractivity contribution in [2.24, 2.45) is 0 Å². The smallest absolute Gasteiger partial charge is 0.315 e. The molecule has 1 fully saturated rings. The van der Waals surface area contributed by atoms with Gasteiger partial charge in [0.25, 0.3) is 0 Å². The number of aliphatic hydroxyl groups is 1. The fourth-order valence-corrected chi connectivity index (χ4v) is 2.48. The first-order valence-corrected chi connectivity index (χ1v) is 7.32. The van der Waals surface area contributed by atoms with Crippen LogP contribution in [-0.4, -0.2) is 29.3 Å². The van der Waals surface area contributed by atoms with Gasteiger partial charge >= 0.3 is 6.03 Å². The van der Waals surface area contributed by atoms with Crippen LogP contribution in [0.5, 0.6) is 0 Å². The highest BCUT2D eigenvalue weighted by atomic mass is 16.3. The summed E-state index contributed by atoms with van der Waals surface area (Å²) in [5.41, 5.74) is 0.946. The van der Waals surface area contributed by atoms with Crippen LogP contribution < -0.4 is 10.6 Å². The second-order valence-electron chi connectivity index (χ2n) is 5.85. The van der Waals surface area contributed by atoms with Gasteiger partial charge in [-0.15, -0.1) is 0 Å². The molecule has 0 spiro atoms. The molecule has 4 heteroatoms. The molecule has 1 aromatic carbocycles. The Morgan fingerprint density at radius 3 is 2.70 bits per heavy atom. The first-order valence-electron chi connectivity index (χ1n) is 7.32. The summed E-state index contributed by atoms with van der Waals surface area (Å²) in [6, 6.07) is 10.4. The molecular formula is C16H24N2O2. The third-order valence-electron chi connectivity index (χ3n) is 4.19. The number of carbonyl (C=O) groups is 1. The van der Waals surface area contributed by atoms with Gasteiger partial charge in [-0.2, -0.15) is 0 Å². The Kier molecular flexibility index (Phi) is 4.65. The fraction of sp³-hybridized carbons (Fsp3) is 0.562. The Morgan fingerprint density at radius 2 is 2.10 bits per heavy atom. The summed E-state index contributed by atoms with van der Waals surface area (Å²) in [6.45, 7) is 4.06. The van der Waals surface area contributed by atoms with E-state index >= 15 is 0 Å². The zero-order chi connectivity index (χ0) is 14.6. The topological polar surface area (TPSA) is 61.4 Å². The molecule has 2 amide bonds. The van der Waals surface area contributed by atoms with Crippen molar-refractivity contribution >= 4 is 6.03 Å². The van der Waals surface area contributed by atoms with Crippen molar-refractivity contribution in [1.82, 2.24) is 10.6 Å². The highest BCUT2D eigenvalue weighted by Crippen LogP contribution is 2.40. The average molecular weight is 276 g/mol. The van der Waals surface area contributed by atoms with Crippen molar-refractivity contribution in [1.29, 1.82) is 0 Å². The van der Waals surface area contributed by atoms with Gasteiger partial charge in [-0.3, -0.25) is 0 Å². The molecule has 3 unspecified atom stereocenters. The number of rotatable bonds is 6. The van der Waals surface area contributed by atoms with Crippen LogP contribution >= 0.6 is 0 Å². The van der Waals surface area contributed by atoms with Gasteiger partial charge in [-0.1, -0.05) is 37.3 Å². The largest absolute Gasteiger partial charge is 0.396 e. The fourth-order valence-electron chi connectivity index (χ4n) is 2.48. The first kappa shape index (κ1) is 14.9. The molecule has 110 valence electrons. The monoisotopic (exact) mass is 276 g/mol. The molecule has 3 N–H and O–H groups in total. The summed E-state index contributed by atoms with van der Waals surface area (Å²) in [6.07, 6.45) is 2.37. The van der Waals surface area contributed by atoms with Crippen molar-refractivity contribution in [3.8, 4) is 0 Å². The number of hydrogen-bond acceptors (Lipinski definition) is 2. The summed E-state index contributed by atoms with van der Waals surface area (Å²) < 4.78 is 0. The highest BCUT2D eigenvalue weighted by Gasteiger charge is 2.40. The lowest BCUT2D eigenvalue weighted by molar-refractivity contribution is 0.200. The summed E-state index contributed by atoms with van der Waals surface area (Å²) in [5.74, 6) is 0.438.